The van der Waals surface area contributed by atoms with Crippen molar-refractivity contribution in [2.24, 2.45) is 0 Å². The van der Waals surface area contributed by atoms with E-state index in [1.165, 1.54) is 17.4 Å². The maximum atomic E-state index is 13.0. The first-order valence-corrected chi connectivity index (χ1v) is 8.87. The number of aromatic nitrogens is 2. The minimum Gasteiger partial charge on any atom is -0.277 e. The van der Waals surface area contributed by atoms with Crippen molar-refractivity contribution in [2.75, 3.05) is 4.90 Å². The van der Waals surface area contributed by atoms with E-state index < -0.39 is 11.8 Å². The number of benzene rings is 2. The number of para-hydroxylation sites is 2. The van der Waals surface area contributed by atoms with Gasteiger partial charge in [0.05, 0.1) is 21.7 Å². The molecule has 0 unspecified atom stereocenters. The second-order valence-electron chi connectivity index (χ2n) is 5.54. The van der Waals surface area contributed by atoms with Crippen LogP contribution in [0, 0.1) is 0 Å². The first-order valence-electron chi connectivity index (χ1n) is 7.30. The molecular weight excluding hydrogens is 381 g/mol. The maximum absolute atomic E-state index is 13.0. The molecule has 2 amide bonds. The van der Waals surface area contributed by atoms with E-state index in [-0.39, 0.29) is 10.7 Å². The Hall–Kier alpha value is -2.41. The van der Waals surface area contributed by atoms with Gasteiger partial charge in [-0.2, -0.15) is 0 Å². The maximum Gasteiger partial charge on any atom is 0.284 e. The van der Waals surface area contributed by atoms with E-state index in [4.69, 9.17) is 23.2 Å². The molecule has 0 saturated carbocycles. The van der Waals surface area contributed by atoms with Gasteiger partial charge in [-0.25, -0.2) is 9.88 Å². The molecule has 0 atom stereocenters. The third kappa shape index (κ3) is 1.93. The van der Waals surface area contributed by atoms with Crippen LogP contribution in [0.1, 0.15) is 20.2 Å². The Balaban J connectivity index is 1.78. The van der Waals surface area contributed by atoms with E-state index in [1.807, 2.05) is 24.3 Å². The van der Waals surface area contributed by atoms with Crippen molar-refractivity contribution in [1.29, 1.82) is 0 Å². The zero-order chi connectivity index (χ0) is 17.3. The number of imide groups is 1. The lowest BCUT2D eigenvalue weighted by atomic mass is 10.3. The smallest absolute Gasteiger partial charge is 0.277 e. The molecule has 0 bridgehead atoms. The second-order valence-corrected chi connectivity index (χ2v) is 7.36. The largest absolute Gasteiger partial charge is 0.284 e. The molecule has 0 N–H and O–H groups in total. The molecule has 5 nitrogen and oxygen atoms in total. The van der Waals surface area contributed by atoms with Crippen LogP contribution in [0.4, 0.5) is 5.69 Å². The summed E-state index contributed by atoms with van der Waals surface area (Å²) in [5.41, 5.74) is 2.16. The van der Waals surface area contributed by atoms with E-state index in [9.17, 15) is 9.59 Å². The van der Waals surface area contributed by atoms with Crippen LogP contribution in [0.25, 0.3) is 16.0 Å². The second kappa shape index (κ2) is 5.05. The minimum absolute atomic E-state index is 0.283. The molecule has 5 rings (SSSR count). The summed E-state index contributed by atoms with van der Waals surface area (Å²) in [5.74, 6) is -0.845. The van der Waals surface area contributed by atoms with Gasteiger partial charge in [-0.3, -0.25) is 14.0 Å². The van der Waals surface area contributed by atoms with Crippen LogP contribution in [0.5, 0.6) is 0 Å². The highest BCUT2D eigenvalue weighted by Crippen LogP contribution is 2.39. The Morgan fingerprint density at radius 1 is 1.00 bits per heavy atom. The lowest BCUT2D eigenvalue weighted by molar-refractivity contribution is 0.0925. The Kier molecular flexibility index (Phi) is 3.01. The van der Waals surface area contributed by atoms with E-state index in [2.05, 4.69) is 4.98 Å². The predicted octanol–water partition coefficient (Wildman–Crippen LogP) is 4.66. The van der Waals surface area contributed by atoms with Gasteiger partial charge < -0.3 is 0 Å². The summed E-state index contributed by atoms with van der Waals surface area (Å²) >= 11 is 13.4. The van der Waals surface area contributed by atoms with Gasteiger partial charge in [0.25, 0.3) is 11.8 Å². The van der Waals surface area contributed by atoms with Crippen molar-refractivity contribution >= 4 is 68.0 Å². The van der Waals surface area contributed by atoms with Gasteiger partial charge in [0.2, 0.25) is 0 Å². The number of halogens is 2. The summed E-state index contributed by atoms with van der Waals surface area (Å²) in [7, 11) is 0. The number of hydrogen-bond acceptors (Lipinski definition) is 4. The number of amides is 2. The highest BCUT2D eigenvalue weighted by Gasteiger charge is 2.42. The number of rotatable bonds is 1. The monoisotopic (exact) mass is 387 g/mol. The average Bonchev–Trinajstić information content (AvgIpc) is 3.19. The van der Waals surface area contributed by atoms with Crippen molar-refractivity contribution in [3.63, 3.8) is 0 Å². The van der Waals surface area contributed by atoms with E-state index in [1.54, 1.807) is 16.5 Å². The van der Waals surface area contributed by atoms with Crippen LogP contribution in [-0.4, -0.2) is 21.2 Å². The van der Waals surface area contributed by atoms with Crippen LogP contribution < -0.4 is 4.90 Å². The fourth-order valence-corrected chi connectivity index (χ4v) is 4.47. The van der Waals surface area contributed by atoms with Crippen LogP contribution in [0.3, 0.4) is 0 Å². The number of fused-ring (bicyclic) bond motifs is 5. The predicted molar refractivity (Wildman–Crippen MR) is 98.2 cm³/mol. The molecule has 0 fully saturated rings. The summed E-state index contributed by atoms with van der Waals surface area (Å²) in [4.78, 5) is 32.4. The lowest BCUT2D eigenvalue weighted by Crippen LogP contribution is -2.30. The summed E-state index contributed by atoms with van der Waals surface area (Å²) in [6.45, 7) is 0. The third-order valence-corrected chi connectivity index (χ3v) is 5.70. The summed E-state index contributed by atoms with van der Waals surface area (Å²) in [5, 5.41) is 0.682. The number of carbonyl (C=O) groups excluding carboxylic acids is 2. The Morgan fingerprint density at radius 2 is 1.80 bits per heavy atom. The van der Waals surface area contributed by atoms with Gasteiger partial charge in [-0.1, -0.05) is 46.7 Å². The molecule has 2 aromatic carbocycles. The van der Waals surface area contributed by atoms with Gasteiger partial charge in [-0.05, 0) is 30.3 Å². The van der Waals surface area contributed by atoms with Crippen LogP contribution in [-0.2, 0) is 0 Å². The molecule has 122 valence electrons. The van der Waals surface area contributed by atoms with Crippen molar-refractivity contribution in [1.82, 2.24) is 9.38 Å². The molecule has 0 aliphatic carbocycles. The Bertz CT molecular complexity index is 1230. The standard InChI is InChI=1S/C17H7Cl2N3O2S/c18-8-5-6-9(19)12(7-8)22-15(23)13-14(16(22)24)25-17-20-10-3-1-2-4-11(10)21(13)17/h1-7H. The van der Waals surface area contributed by atoms with Gasteiger partial charge in [0.1, 0.15) is 10.6 Å². The van der Waals surface area contributed by atoms with Gasteiger partial charge in [0, 0.05) is 5.02 Å². The van der Waals surface area contributed by atoms with Crippen molar-refractivity contribution in [3.05, 3.63) is 63.1 Å². The molecule has 3 heterocycles. The molecule has 0 radical (unpaired) electrons. The number of anilines is 1. The first-order chi connectivity index (χ1) is 12.1. The molecule has 4 aromatic rings. The van der Waals surface area contributed by atoms with E-state index >= 15 is 0 Å². The molecular formula is C17H7Cl2N3O2S. The molecule has 1 aliphatic rings. The molecule has 0 saturated heterocycles. The Labute approximate surface area is 155 Å². The molecule has 1 aliphatic heterocycles. The number of nitrogens with zero attached hydrogens (tertiary/aromatic N) is 3. The fourth-order valence-electron chi connectivity index (χ4n) is 3.04. The van der Waals surface area contributed by atoms with Crippen molar-refractivity contribution in [2.45, 2.75) is 0 Å². The van der Waals surface area contributed by atoms with Gasteiger partial charge >= 0.3 is 0 Å². The third-order valence-electron chi connectivity index (χ3n) is 4.11. The molecule has 25 heavy (non-hydrogen) atoms. The average molecular weight is 388 g/mol. The lowest BCUT2D eigenvalue weighted by Gasteiger charge is -2.15. The van der Waals surface area contributed by atoms with Crippen molar-refractivity contribution < 1.29 is 9.59 Å². The zero-order valence-corrected chi connectivity index (χ0v) is 14.7. The minimum atomic E-state index is -0.432. The number of hydrogen-bond donors (Lipinski definition) is 0. The van der Waals surface area contributed by atoms with E-state index in [0.717, 1.165) is 15.9 Å². The SMILES string of the molecule is O=C1c2sc3nc4ccccc4n3c2C(=O)N1c1cc(Cl)ccc1Cl. The summed E-state index contributed by atoms with van der Waals surface area (Å²) < 4.78 is 1.73. The highest BCUT2D eigenvalue weighted by atomic mass is 35.5. The first kappa shape index (κ1) is 14.9. The van der Waals surface area contributed by atoms with Crippen molar-refractivity contribution in [3.8, 4) is 0 Å². The van der Waals surface area contributed by atoms with Crippen LogP contribution in [0.15, 0.2) is 42.5 Å². The number of carbonyl (C=O) groups is 2. The Morgan fingerprint density at radius 3 is 2.64 bits per heavy atom. The fraction of sp³-hybridized carbons (Fsp3) is 0. The van der Waals surface area contributed by atoms with Crippen LogP contribution in [0.2, 0.25) is 10.0 Å². The summed E-state index contributed by atoms with van der Waals surface area (Å²) in [6.07, 6.45) is 0. The van der Waals surface area contributed by atoms with E-state index in [0.29, 0.717) is 20.6 Å². The topological polar surface area (TPSA) is 54.7 Å². The number of thiazole rings is 1. The zero-order valence-electron chi connectivity index (χ0n) is 12.4. The van der Waals surface area contributed by atoms with Gasteiger partial charge in [-0.15, -0.1) is 0 Å². The molecule has 2 aromatic heterocycles. The van der Waals surface area contributed by atoms with Crippen LogP contribution >= 0.6 is 34.5 Å². The van der Waals surface area contributed by atoms with Gasteiger partial charge in [0.15, 0.2) is 4.96 Å². The quantitative estimate of drug-likeness (QED) is 0.446. The highest BCUT2D eigenvalue weighted by molar-refractivity contribution is 7.19. The molecule has 0 spiro atoms. The number of imidazole rings is 1. The normalized spacial score (nSPS) is 14.1. The summed E-state index contributed by atoms with van der Waals surface area (Å²) in [6, 6.07) is 12.2. The molecule has 8 heteroatoms.